The molecule has 0 radical (unpaired) electrons. The molecule has 0 aromatic carbocycles. The van der Waals surface area contributed by atoms with E-state index in [2.05, 4.69) is 43.5 Å². The summed E-state index contributed by atoms with van der Waals surface area (Å²) < 4.78 is 0. The minimum absolute atomic E-state index is 0.0638. The molecule has 1 heterocycles. The van der Waals surface area contributed by atoms with Crippen LogP contribution in [0.2, 0.25) is 0 Å². The lowest BCUT2D eigenvalue weighted by molar-refractivity contribution is -0.141. The van der Waals surface area contributed by atoms with E-state index in [4.69, 9.17) is 22.3 Å². The van der Waals surface area contributed by atoms with Gasteiger partial charge in [-0.2, -0.15) is 12.6 Å². The molecule has 14 nitrogen and oxygen atoms in total. The smallest absolute Gasteiger partial charge is 0.327 e. The van der Waals surface area contributed by atoms with E-state index < -0.39 is 41.8 Å². The van der Waals surface area contributed by atoms with Gasteiger partial charge in [0.25, 0.3) is 0 Å². The SMILES string of the molecule is NCC(=O)NC(Cc1cnc[nH]1)C(=O)NC(CCCN=C(N)N)C(=O)NC(CS)C(=O)O. The molecular formula is C17H29N9O5S. The van der Waals surface area contributed by atoms with E-state index in [-0.39, 0.29) is 37.6 Å². The molecule has 178 valence electrons. The van der Waals surface area contributed by atoms with Crippen LogP contribution in [0.25, 0.3) is 0 Å². The summed E-state index contributed by atoms with van der Waals surface area (Å²) in [6.45, 7) is -0.143. The Morgan fingerprint density at radius 3 is 2.31 bits per heavy atom. The van der Waals surface area contributed by atoms with Crippen molar-refractivity contribution in [2.75, 3.05) is 18.8 Å². The third-order valence-corrected chi connectivity index (χ3v) is 4.56. The molecule has 0 bridgehead atoms. The fraction of sp³-hybridized carbons (Fsp3) is 0.529. The Hall–Kier alpha value is -3.33. The predicted octanol–water partition coefficient (Wildman–Crippen LogP) is -3.57. The lowest BCUT2D eigenvalue weighted by Gasteiger charge is -2.24. The molecule has 1 aromatic rings. The third kappa shape index (κ3) is 9.65. The van der Waals surface area contributed by atoms with Crippen LogP contribution in [-0.2, 0) is 25.6 Å². The molecule has 3 amide bonds. The Kier molecular flexibility index (Phi) is 11.6. The fourth-order valence-corrected chi connectivity index (χ4v) is 2.83. The first-order valence-electron chi connectivity index (χ1n) is 9.64. The number of aromatic amines is 1. The van der Waals surface area contributed by atoms with Crippen molar-refractivity contribution < 1.29 is 24.3 Å². The van der Waals surface area contributed by atoms with Gasteiger partial charge in [0.2, 0.25) is 17.7 Å². The Morgan fingerprint density at radius 2 is 1.78 bits per heavy atom. The normalized spacial score (nSPS) is 13.3. The molecule has 0 aliphatic carbocycles. The first-order chi connectivity index (χ1) is 15.2. The number of amides is 3. The predicted molar refractivity (Wildman–Crippen MR) is 119 cm³/mol. The van der Waals surface area contributed by atoms with Crippen molar-refractivity contribution >= 4 is 42.3 Å². The number of hydrogen-bond donors (Lipinski definition) is 9. The second-order valence-electron chi connectivity index (χ2n) is 6.70. The molecular weight excluding hydrogens is 442 g/mol. The minimum atomic E-state index is -1.27. The lowest BCUT2D eigenvalue weighted by Crippen LogP contribution is -2.57. The zero-order valence-electron chi connectivity index (χ0n) is 17.3. The number of imidazole rings is 1. The molecule has 3 unspecified atom stereocenters. The molecule has 32 heavy (non-hydrogen) atoms. The minimum Gasteiger partial charge on any atom is -0.480 e. The van der Waals surface area contributed by atoms with E-state index in [1.807, 2.05) is 0 Å². The molecule has 0 spiro atoms. The zero-order chi connectivity index (χ0) is 24.1. The van der Waals surface area contributed by atoms with Gasteiger partial charge in [0.05, 0.1) is 12.9 Å². The van der Waals surface area contributed by atoms with Crippen LogP contribution in [0.1, 0.15) is 18.5 Å². The molecule has 0 saturated carbocycles. The number of carboxylic acids is 1. The van der Waals surface area contributed by atoms with Crippen molar-refractivity contribution in [3.63, 3.8) is 0 Å². The van der Waals surface area contributed by atoms with Crippen molar-refractivity contribution in [3.05, 3.63) is 18.2 Å². The summed E-state index contributed by atoms with van der Waals surface area (Å²) in [7, 11) is 0. The number of hydrogen-bond acceptors (Lipinski definition) is 8. The highest BCUT2D eigenvalue weighted by Gasteiger charge is 2.29. The summed E-state index contributed by atoms with van der Waals surface area (Å²) in [5.41, 5.74) is 16.4. The Bertz CT molecular complexity index is 798. The van der Waals surface area contributed by atoms with Crippen LogP contribution in [0.5, 0.6) is 0 Å². The van der Waals surface area contributed by atoms with Crippen molar-refractivity contribution in [2.24, 2.45) is 22.2 Å². The van der Waals surface area contributed by atoms with E-state index in [1.54, 1.807) is 0 Å². The number of guanidine groups is 1. The van der Waals surface area contributed by atoms with E-state index >= 15 is 0 Å². The number of aliphatic carboxylic acids is 1. The second kappa shape index (κ2) is 13.9. The number of aliphatic imine (C=N–C) groups is 1. The number of carbonyl (C=O) groups excluding carboxylic acids is 3. The lowest BCUT2D eigenvalue weighted by atomic mass is 10.1. The maximum absolute atomic E-state index is 12.9. The van der Waals surface area contributed by atoms with Crippen molar-refractivity contribution in [2.45, 2.75) is 37.4 Å². The van der Waals surface area contributed by atoms with Crippen molar-refractivity contribution in [1.82, 2.24) is 25.9 Å². The van der Waals surface area contributed by atoms with Crippen LogP contribution in [-0.4, -0.2) is 81.7 Å². The van der Waals surface area contributed by atoms with E-state index in [1.165, 1.54) is 12.5 Å². The number of H-pyrrole nitrogens is 1. The highest BCUT2D eigenvalue weighted by atomic mass is 32.1. The molecule has 0 aliphatic heterocycles. The number of rotatable bonds is 14. The van der Waals surface area contributed by atoms with Gasteiger partial charge in [0.15, 0.2) is 5.96 Å². The maximum Gasteiger partial charge on any atom is 0.327 e. The summed E-state index contributed by atoms with van der Waals surface area (Å²) in [5.74, 6) is -3.51. The molecule has 11 N–H and O–H groups in total. The Balaban J connectivity index is 2.96. The van der Waals surface area contributed by atoms with Gasteiger partial charge in [-0.25, -0.2) is 9.78 Å². The number of carbonyl (C=O) groups is 4. The van der Waals surface area contributed by atoms with Gasteiger partial charge in [-0.05, 0) is 12.8 Å². The molecule has 0 saturated heterocycles. The molecule has 0 fully saturated rings. The van der Waals surface area contributed by atoms with E-state index in [9.17, 15) is 19.2 Å². The standard InChI is InChI=1S/C17H29N9O5S/c18-5-13(27)24-11(4-9-6-21-8-23-9)15(29)25-10(2-1-3-22-17(19)20)14(28)26-12(7-32)16(30)31/h6,8,10-12,32H,1-5,7,18H2,(H,21,23)(H,24,27)(H,25,29)(H,26,28)(H,30,31)(H4,19,20,22). The van der Waals surface area contributed by atoms with Crippen LogP contribution in [0.15, 0.2) is 17.5 Å². The molecule has 1 rings (SSSR count). The summed E-state index contributed by atoms with van der Waals surface area (Å²) in [5, 5.41) is 16.5. The summed E-state index contributed by atoms with van der Waals surface area (Å²) in [6.07, 6.45) is 3.38. The number of nitrogens with one attached hydrogen (secondary N) is 4. The fourth-order valence-electron chi connectivity index (χ4n) is 2.58. The van der Waals surface area contributed by atoms with Crippen LogP contribution in [0.3, 0.4) is 0 Å². The largest absolute Gasteiger partial charge is 0.480 e. The van der Waals surface area contributed by atoms with Gasteiger partial charge in [-0.15, -0.1) is 0 Å². The summed E-state index contributed by atoms with van der Waals surface area (Å²) >= 11 is 3.91. The first kappa shape index (κ1) is 26.7. The number of aromatic nitrogens is 2. The topological polar surface area (TPSA) is 244 Å². The average molecular weight is 472 g/mol. The van der Waals surface area contributed by atoms with Crippen molar-refractivity contribution in [1.29, 1.82) is 0 Å². The third-order valence-electron chi connectivity index (χ3n) is 4.19. The number of nitrogens with two attached hydrogens (primary N) is 3. The van der Waals surface area contributed by atoms with Crippen LogP contribution >= 0.6 is 12.6 Å². The molecule has 3 atom stereocenters. The van der Waals surface area contributed by atoms with Crippen molar-refractivity contribution in [3.8, 4) is 0 Å². The van der Waals surface area contributed by atoms with Crippen LogP contribution in [0, 0.1) is 0 Å². The maximum atomic E-state index is 12.9. The summed E-state index contributed by atoms with van der Waals surface area (Å²) in [4.78, 5) is 59.0. The average Bonchev–Trinajstić information content (AvgIpc) is 3.25. The highest BCUT2D eigenvalue weighted by molar-refractivity contribution is 7.80. The number of nitrogens with zero attached hydrogens (tertiary/aromatic N) is 2. The highest BCUT2D eigenvalue weighted by Crippen LogP contribution is 2.04. The second-order valence-corrected chi connectivity index (χ2v) is 7.06. The summed E-state index contributed by atoms with van der Waals surface area (Å²) in [6, 6.07) is -3.42. The number of carboxylic acid groups (broad SMARTS) is 1. The monoisotopic (exact) mass is 471 g/mol. The van der Waals surface area contributed by atoms with E-state index in [0.717, 1.165) is 0 Å². The molecule has 0 aliphatic rings. The van der Waals surface area contributed by atoms with Gasteiger partial charge in [-0.3, -0.25) is 19.4 Å². The quantitative estimate of drug-likeness (QED) is 0.0563. The molecule has 1 aromatic heterocycles. The van der Waals surface area contributed by atoms with Gasteiger partial charge in [0.1, 0.15) is 18.1 Å². The van der Waals surface area contributed by atoms with Crippen LogP contribution < -0.4 is 33.2 Å². The van der Waals surface area contributed by atoms with E-state index in [0.29, 0.717) is 12.1 Å². The first-order valence-corrected chi connectivity index (χ1v) is 10.3. The van der Waals surface area contributed by atoms with Gasteiger partial charge in [-0.1, -0.05) is 0 Å². The molecule has 15 heteroatoms. The zero-order valence-corrected chi connectivity index (χ0v) is 18.2. The van der Waals surface area contributed by atoms with Gasteiger partial charge in [0, 0.05) is 30.6 Å². The van der Waals surface area contributed by atoms with Gasteiger partial charge < -0.3 is 43.2 Å². The van der Waals surface area contributed by atoms with Crippen LogP contribution in [0.4, 0.5) is 0 Å². The Morgan fingerprint density at radius 1 is 1.12 bits per heavy atom. The number of thiol groups is 1. The van der Waals surface area contributed by atoms with Gasteiger partial charge >= 0.3 is 5.97 Å². The Labute approximate surface area is 189 Å².